The Bertz CT molecular complexity index is 895. The van der Waals surface area contributed by atoms with Crippen molar-refractivity contribution in [1.29, 1.82) is 0 Å². The van der Waals surface area contributed by atoms with Crippen LogP contribution in [0.3, 0.4) is 0 Å². The standard InChI is InChI=1S/C20H24N2O4S/c1-22(14-17-9-5-11-18(13-17)20(21)24)19(23)15-27(25,26)12-6-10-16-7-3-2-4-8-16/h2-5,7-9,11,13H,6,10,12,14-15H2,1H3,(H2,21,24). The number of carbonyl (C=O) groups is 2. The Hall–Kier alpha value is -2.67. The number of rotatable bonds is 9. The van der Waals surface area contributed by atoms with Crippen molar-refractivity contribution in [3.05, 3.63) is 71.3 Å². The van der Waals surface area contributed by atoms with Crippen LogP contribution < -0.4 is 5.73 Å². The summed E-state index contributed by atoms with van der Waals surface area (Å²) < 4.78 is 24.4. The van der Waals surface area contributed by atoms with Gasteiger partial charge in [-0.25, -0.2) is 8.42 Å². The number of hydrogen-bond acceptors (Lipinski definition) is 4. The van der Waals surface area contributed by atoms with Crippen molar-refractivity contribution in [3.8, 4) is 0 Å². The first kappa shape index (κ1) is 20.6. The van der Waals surface area contributed by atoms with Gasteiger partial charge in [0.15, 0.2) is 9.84 Å². The fraction of sp³-hybridized carbons (Fsp3) is 0.300. The van der Waals surface area contributed by atoms with Gasteiger partial charge in [-0.2, -0.15) is 0 Å². The molecular weight excluding hydrogens is 364 g/mol. The molecule has 0 aliphatic rings. The molecule has 0 aliphatic carbocycles. The van der Waals surface area contributed by atoms with E-state index >= 15 is 0 Å². The first-order valence-corrected chi connectivity index (χ1v) is 10.5. The topological polar surface area (TPSA) is 97.5 Å². The van der Waals surface area contributed by atoms with Crippen molar-refractivity contribution in [1.82, 2.24) is 4.90 Å². The van der Waals surface area contributed by atoms with E-state index in [1.807, 2.05) is 30.3 Å². The number of nitrogens with zero attached hydrogens (tertiary/aromatic N) is 1. The summed E-state index contributed by atoms with van der Waals surface area (Å²) in [6, 6.07) is 16.3. The smallest absolute Gasteiger partial charge is 0.248 e. The van der Waals surface area contributed by atoms with Gasteiger partial charge in [-0.1, -0.05) is 42.5 Å². The second kappa shape index (κ2) is 9.32. The molecule has 2 aromatic rings. The summed E-state index contributed by atoms with van der Waals surface area (Å²) in [5, 5.41) is 0. The van der Waals surface area contributed by atoms with E-state index in [0.717, 1.165) is 5.56 Å². The van der Waals surface area contributed by atoms with E-state index in [4.69, 9.17) is 5.73 Å². The lowest BCUT2D eigenvalue weighted by molar-refractivity contribution is -0.127. The van der Waals surface area contributed by atoms with Crippen LogP contribution in [-0.2, 0) is 27.6 Å². The van der Waals surface area contributed by atoms with E-state index in [-0.39, 0.29) is 12.3 Å². The highest BCUT2D eigenvalue weighted by Gasteiger charge is 2.20. The molecule has 0 atom stereocenters. The van der Waals surface area contributed by atoms with E-state index in [0.29, 0.717) is 24.0 Å². The molecule has 27 heavy (non-hydrogen) atoms. The lowest BCUT2D eigenvalue weighted by Crippen LogP contribution is -2.33. The minimum absolute atomic E-state index is 0.0291. The summed E-state index contributed by atoms with van der Waals surface area (Å²) >= 11 is 0. The molecule has 0 aromatic heterocycles. The minimum Gasteiger partial charge on any atom is -0.366 e. The molecule has 0 radical (unpaired) electrons. The maximum absolute atomic E-state index is 12.3. The van der Waals surface area contributed by atoms with Crippen LogP contribution in [0.15, 0.2) is 54.6 Å². The molecule has 144 valence electrons. The molecular formula is C20H24N2O4S. The van der Waals surface area contributed by atoms with Gasteiger partial charge in [-0.05, 0) is 36.1 Å². The molecule has 2 amide bonds. The Labute approximate surface area is 159 Å². The molecule has 6 nitrogen and oxygen atoms in total. The summed E-state index contributed by atoms with van der Waals surface area (Å²) in [5.74, 6) is -1.57. The molecule has 0 heterocycles. The number of hydrogen-bond donors (Lipinski definition) is 1. The first-order valence-electron chi connectivity index (χ1n) is 8.64. The molecule has 0 unspecified atom stereocenters. The third-order valence-corrected chi connectivity index (χ3v) is 5.76. The van der Waals surface area contributed by atoms with Crippen LogP contribution in [0.4, 0.5) is 0 Å². The van der Waals surface area contributed by atoms with E-state index in [1.165, 1.54) is 4.90 Å². The third kappa shape index (κ3) is 6.86. The van der Waals surface area contributed by atoms with Crippen LogP contribution in [0, 0.1) is 0 Å². The van der Waals surface area contributed by atoms with Gasteiger partial charge in [-0.3, -0.25) is 9.59 Å². The molecule has 0 fully saturated rings. The zero-order valence-corrected chi connectivity index (χ0v) is 16.1. The van der Waals surface area contributed by atoms with Crippen molar-refractivity contribution in [3.63, 3.8) is 0 Å². The van der Waals surface area contributed by atoms with Crippen LogP contribution in [-0.4, -0.2) is 43.7 Å². The van der Waals surface area contributed by atoms with Crippen LogP contribution in [0.2, 0.25) is 0 Å². The Morgan fingerprint density at radius 2 is 1.67 bits per heavy atom. The number of sulfone groups is 1. The zero-order valence-electron chi connectivity index (χ0n) is 15.3. The Balaban J connectivity index is 1.86. The maximum atomic E-state index is 12.3. The summed E-state index contributed by atoms with van der Waals surface area (Å²) in [6.45, 7) is 0.208. The highest BCUT2D eigenvalue weighted by Crippen LogP contribution is 2.09. The second-order valence-corrected chi connectivity index (χ2v) is 8.68. The Morgan fingerprint density at radius 3 is 2.33 bits per heavy atom. The summed E-state index contributed by atoms with van der Waals surface area (Å²) in [5.41, 5.74) is 7.38. The van der Waals surface area contributed by atoms with Gasteiger partial charge < -0.3 is 10.6 Å². The quantitative estimate of drug-likeness (QED) is 0.708. The van der Waals surface area contributed by atoms with Crippen molar-refractivity contribution in [2.45, 2.75) is 19.4 Å². The lowest BCUT2D eigenvalue weighted by atomic mass is 10.1. The number of benzene rings is 2. The lowest BCUT2D eigenvalue weighted by Gasteiger charge is -2.17. The molecule has 0 saturated carbocycles. The maximum Gasteiger partial charge on any atom is 0.248 e. The number of nitrogens with two attached hydrogens (primary N) is 1. The number of carbonyl (C=O) groups excluding carboxylic acids is 2. The van der Waals surface area contributed by atoms with E-state index in [1.54, 1.807) is 31.3 Å². The van der Waals surface area contributed by atoms with Crippen molar-refractivity contribution in [2.24, 2.45) is 5.73 Å². The largest absolute Gasteiger partial charge is 0.366 e. The minimum atomic E-state index is -3.48. The summed E-state index contributed by atoms with van der Waals surface area (Å²) in [6.07, 6.45) is 1.13. The van der Waals surface area contributed by atoms with Gasteiger partial charge in [0.25, 0.3) is 0 Å². The molecule has 7 heteroatoms. The Kier molecular flexibility index (Phi) is 7.12. The molecule has 2 aromatic carbocycles. The van der Waals surface area contributed by atoms with Crippen molar-refractivity contribution in [2.75, 3.05) is 18.6 Å². The predicted octanol–water partition coefficient (Wildman–Crippen LogP) is 1.79. The highest BCUT2D eigenvalue weighted by molar-refractivity contribution is 7.92. The SMILES string of the molecule is CN(Cc1cccc(C(N)=O)c1)C(=O)CS(=O)(=O)CCCc1ccccc1. The Morgan fingerprint density at radius 1 is 1.00 bits per heavy atom. The molecule has 0 aliphatic heterocycles. The van der Waals surface area contributed by atoms with Gasteiger partial charge in [-0.15, -0.1) is 0 Å². The number of aryl methyl sites for hydroxylation is 1. The first-order chi connectivity index (χ1) is 12.8. The van der Waals surface area contributed by atoms with Gasteiger partial charge >= 0.3 is 0 Å². The van der Waals surface area contributed by atoms with E-state index < -0.39 is 27.4 Å². The van der Waals surface area contributed by atoms with Gasteiger partial charge in [0.05, 0.1) is 5.75 Å². The average Bonchev–Trinajstić information content (AvgIpc) is 2.62. The van der Waals surface area contributed by atoms with Crippen molar-refractivity contribution < 1.29 is 18.0 Å². The molecule has 2 rings (SSSR count). The fourth-order valence-corrected chi connectivity index (χ4v) is 4.02. The summed E-state index contributed by atoms with van der Waals surface area (Å²) in [7, 11) is -1.93. The van der Waals surface area contributed by atoms with E-state index in [9.17, 15) is 18.0 Å². The zero-order chi connectivity index (χ0) is 19.9. The van der Waals surface area contributed by atoms with Gasteiger partial charge in [0.1, 0.15) is 5.75 Å². The number of amides is 2. The molecule has 0 saturated heterocycles. The van der Waals surface area contributed by atoms with Crippen molar-refractivity contribution >= 4 is 21.7 Å². The van der Waals surface area contributed by atoms with E-state index in [2.05, 4.69) is 0 Å². The van der Waals surface area contributed by atoms with Gasteiger partial charge in [0.2, 0.25) is 11.8 Å². The van der Waals surface area contributed by atoms with Crippen LogP contribution in [0.25, 0.3) is 0 Å². The monoisotopic (exact) mass is 388 g/mol. The van der Waals surface area contributed by atoms with Gasteiger partial charge in [0, 0.05) is 19.2 Å². The van der Waals surface area contributed by atoms with Crippen LogP contribution in [0.5, 0.6) is 0 Å². The third-order valence-electron chi connectivity index (χ3n) is 4.16. The highest BCUT2D eigenvalue weighted by atomic mass is 32.2. The predicted molar refractivity (Wildman–Crippen MR) is 105 cm³/mol. The van der Waals surface area contributed by atoms with Crippen LogP contribution >= 0.6 is 0 Å². The fourth-order valence-electron chi connectivity index (χ4n) is 2.70. The van der Waals surface area contributed by atoms with Crippen LogP contribution in [0.1, 0.15) is 27.9 Å². The normalized spacial score (nSPS) is 11.1. The summed E-state index contributed by atoms with van der Waals surface area (Å²) in [4.78, 5) is 24.8. The molecule has 0 spiro atoms. The molecule has 2 N–H and O–H groups in total. The molecule has 0 bridgehead atoms. The second-order valence-electron chi connectivity index (χ2n) is 6.50. The average molecular weight is 388 g/mol. The number of primary amides is 1.